The van der Waals surface area contributed by atoms with Gasteiger partial charge in [-0.3, -0.25) is 0 Å². The van der Waals surface area contributed by atoms with Crippen molar-refractivity contribution in [1.29, 1.82) is 0 Å². The van der Waals surface area contributed by atoms with Gasteiger partial charge in [-0.05, 0) is 53.8 Å². The summed E-state index contributed by atoms with van der Waals surface area (Å²) in [5.74, 6) is -2.21. The van der Waals surface area contributed by atoms with Crippen molar-refractivity contribution in [2.45, 2.75) is 37.8 Å². The predicted octanol–water partition coefficient (Wildman–Crippen LogP) is 6.82. The third-order valence-corrected chi connectivity index (χ3v) is 6.20. The summed E-state index contributed by atoms with van der Waals surface area (Å²) in [5.41, 5.74) is 4.28. The molecule has 1 aliphatic heterocycles. The van der Waals surface area contributed by atoms with Crippen LogP contribution < -0.4 is 5.32 Å². The number of halogens is 6. The van der Waals surface area contributed by atoms with Gasteiger partial charge in [-0.15, -0.1) is 0 Å². The van der Waals surface area contributed by atoms with Crippen LogP contribution in [-0.2, 0) is 22.3 Å². The summed E-state index contributed by atoms with van der Waals surface area (Å²) in [6.45, 7) is 2.52. The Morgan fingerprint density at radius 2 is 1.68 bits per heavy atom. The van der Waals surface area contributed by atoms with E-state index in [9.17, 15) is 26.3 Å². The number of fused-ring (bicyclic) bond motifs is 1. The summed E-state index contributed by atoms with van der Waals surface area (Å²) in [7, 11) is 0. The molecule has 1 unspecified atom stereocenters. The molecule has 0 bridgehead atoms. The summed E-state index contributed by atoms with van der Waals surface area (Å²) < 4.78 is 76.4. The van der Waals surface area contributed by atoms with Gasteiger partial charge < -0.3 is 20.1 Å². The van der Waals surface area contributed by atoms with Gasteiger partial charge >= 0.3 is 18.3 Å². The zero-order valence-corrected chi connectivity index (χ0v) is 20.9. The third kappa shape index (κ3) is 7.60. The minimum atomic E-state index is -5.08. The number of carboxylic acids is 1. The topological polar surface area (TPSA) is 87.2 Å². The summed E-state index contributed by atoms with van der Waals surface area (Å²) in [5, 5.41) is 10.6. The SMILES string of the molecule is FC(F)(F)c1ccc2nc(-c3cccc(-c4ccc(CNCC5CCCO5)cc4)c3)[nH]c2c1.O=C(O)C(F)(F)F. The number of imidazole rings is 1. The van der Waals surface area contributed by atoms with E-state index in [-0.39, 0.29) is 0 Å². The monoisotopic (exact) mass is 565 g/mol. The maximum absolute atomic E-state index is 13.0. The molecule has 5 rings (SSSR count). The number of alkyl halides is 6. The summed E-state index contributed by atoms with van der Waals surface area (Å²) in [6, 6.07) is 19.7. The number of ether oxygens (including phenoxy) is 1. The highest BCUT2D eigenvalue weighted by molar-refractivity contribution is 5.81. The predicted molar refractivity (Wildman–Crippen MR) is 136 cm³/mol. The Hall–Kier alpha value is -3.90. The molecule has 0 aliphatic carbocycles. The second-order valence-corrected chi connectivity index (χ2v) is 9.16. The molecule has 4 aromatic rings. The van der Waals surface area contributed by atoms with E-state index in [1.807, 2.05) is 24.3 Å². The van der Waals surface area contributed by atoms with Crippen molar-refractivity contribution in [3.8, 4) is 22.5 Å². The summed E-state index contributed by atoms with van der Waals surface area (Å²) in [4.78, 5) is 16.4. The van der Waals surface area contributed by atoms with E-state index in [2.05, 4.69) is 39.6 Å². The molecule has 0 spiro atoms. The molecule has 0 saturated carbocycles. The highest BCUT2D eigenvalue weighted by atomic mass is 19.4. The van der Waals surface area contributed by atoms with Gasteiger partial charge in [-0.1, -0.05) is 42.5 Å². The average Bonchev–Trinajstić information content (AvgIpc) is 3.58. The van der Waals surface area contributed by atoms with Crippen LogP contribution in [0.15, 0.2) is 66.7 Å². The van der Waals surface area contributed by atoms with Crippen molar-refractivity contribution in [2.75, 3.05) is 13.2 Å². The van der Waals surface area contributed by atoms with Gasteiger partial charge in [0.2, 0.25) is 0 Å². The van der Waals surface area contributed by atoms with E-state index in [0.29, 0.717) is 23.0 Å². The summed E-state index contributed by atoms with van der Waals surface area (Å²) in [6.07, 6.45) is -6.88. The van der Waals surface area contributed by atoms with Crippen molar-refractivity contribution < 1.29 is 41.0 Å². The number of carboxylic acid groups (broad SMARTS) is 1. The van der Waals surface area contributed by atoms with Gasteiger partial charge in [0.25, 0.3) is 0 Å². The van der Waals surface area contributed by atoms with Crippen molar-refractivity contribution >= 4 is 17.0 Å². The molecule has 6 nitrogen and oxygen atoms in total. The van der Waals surface area contributed by atoms with Gasteiger partial charge in [-0.2, -0.15) is 26.3 Å². The van der Waals surface area contributed by atoms with E-state index in [4.69, 9.17) is 14.6 Å². The molecule has 3 aromatic carbocycles. The lowest BCUT2D eigenvalue weighted by molar-refractivity contribution is -0.192. The minimum Gasteiger partial charge on any atom is -0.475 e. The number of nitrogens with zero attached hydrogens (tertiary/aromatic N) is 1. The van der Waals surface area contributed by atoms with Crippen LogP contribution in [0.3, 0.4) is 0 Å². The van der Waals surface area contributed by atoms with Gasteiger partial charge in [0.05, 0.1) is 22.7 Å². The molecule has 212 valence electrons. The van der Waals surface area contributed by atoms with Crippen molar-refractivity contribution in [2.24, 2.45) is 0 Å². The number of nitrogens with one attached hydrogen (secondary N) is 2. The second-order valence-electron chi connectivity index (χ2n) is 9.16. The van der Waals surface area contributed by atoms with Crippen LogP contribution in [0.4, 0.5) is 26.3 Å². The first-order valence-corrected chi connectivity index (χ1v) is 12.3. The maximum atomic E-state index is 13.0. The smallest absolute Gasteiger partial charge is 0.475 e. The van der Waals surface area contributed by atoms with Crippen LogP contribution in [-0.4, -0.2) is 46.5 Å². The number of hydrogen-bond acceptors (Lipinski definition) is 4. The van der Waals surface area contributed by atoms with Crippen molar-refractivity contribution in [1.82, 2.24) is 15.3 Å². The maximum Gasteiger partial charge on any atom is 0.490 e. The standard InChI is InChI=1S/C26H24F3N3O.C2HF3O2/c27-26(28,29)21-10-11-23-24(14-21)32-25(31-23)20-4-1-3-19(13-20)18-8-6-17(7-9-18)15-30-16-22-5-2-12-33-22;3-2(4,5)1(6)7/h1,3-4,6-11,13-14,22,30H,2,5,12,15-16H2,(H,31,32);(H,6,7). The normalized spacial score (nSPS) is 15.6. The number of benzene rings is 3. The van der Waals surface area contributed by atoms with E-state index < -0.39 is 23.9 Å². The molecule has 2 heterocycles. The second kappa shape index (κ2) is 12.1. The van der Waals surface area contributed by atoms with Crippen LogP contribution >= 0.6 is 0 Å². The molecule has 0 amide bonds. The molecule has 40 heavy (non-hydrogen) atoms. The fraction of sp³-hybridized carbons (Fsp3) is 0.286. The number of aromatic amines is 1. The molecule has 1 atom stereocenters. The molecule has 1 saturated heterocycles. The van der Waals surface area contributed by atoms with E-state index in [0.717, 1.165) is 61.4 Å². The lowest BCUT2D eigenvalue weighted by Gasteiger charge is -2.11. The Labute approximate surface area is 225 Å². The van der Waals surface area contributed by atoms with Crippen LogP contribution in [0.5, 0.6) is 0 Å². The first-order valence-electron chi connectivity index (χ1n) is 12.3. The van der Waals surface area contributed by atoms with Crippen LogP contribution in [0.1, 0.15) is 24.0 Å². The Balaban J connectivity index is 0.000000470. The van der Waals surface area contributed by atoms with Crippen LogP contribution in [0, 0.1) is 0 Å². The van der Waals surface area contributed by atoms with Gasteiger partial charge in [-0.25, -0.2) is 9.78 Å². The molecule has 3 N–H and O–H groups in total. The first-order chi connectivity index (χ1) is 18.9. The van der Waals surface area contributed by atoms with Crippen molar-refractivity contribution in [3.63, 3.8) is 0 Å². The molecule has 0 radical (unpaired) electrons. The summed E-state index contributed by atoms with van der Waals surface area (Å²) >= 11 is 0. The number of carbonyl (C=O) groups is 1. The highest BCUT2D eigenvalue weighted by Crippen LogP contribution is 2.32. The quantitative estimate of drug-likeness (QED) is 0.224. The fourth-order valence-electron chi connectivity index (χ4n) is 4.17. The molecule has 1 aliphatic rings. The van der Waals surface area contributed by atoms with Gasteiger partial charge in [0, 0.05) is 25.3 Å². The lowest BCUT2D eigenvalue weighted by atomic mass is 10.0. The van der Waals surface area contributed by atoms with Crippen LogP contribution in [0.2, 0.25) is 0 Å². The first kappa shape index (κ1) is 29.1. The largest absolute Gasteiger partial charge is 0.490 e. The van der Waals surface area contributed by atoms with Crippen molar-refractivity contribution in [3.05, 3.63) is 77.9 Å². The Morgan fingerprint density at radius 1 is 0.975 bits per heavy atom. The number of hydrogen-bond donors (Lipinski definition) is 3. The Kier molecular flexibility index (Phi) is 8.79. The van der Waals surface area contributed by atoms with Gasteiger partial charge in [0.15, 0.2) is 0 Å². The number of aliphatic carboxylic acids is 1. The molecular weight excluding hydrogens is 540 g/mol. The Bertz CT molecular complexity index is 1440. The number of aromatic nitrogens is 2. The third-order valence-electron chi connectivity index (χ3n) is 6.20. The van der Waals surface area contributed by atoms with E-state index in [1.165, 1.54) is 11.6 Å². The van der Waals surface area contributed by atoms with Gasteiger partial charge in [0.1, 0.15) is 5.82 Å². The lowest BCUT2D eigenvalue weighted by Crippen LogP contribution is -2.25. The highest BCUT2D eigenvalue weighted by Gasteiger charge is 2.38. The molecular formula is C28H25F6N3O3. The minimum absolute atomic E-state index is 0.324. The zero-order chi connectivity index (χ0) is 28.9. The number of H-pyrrole nitrogens is 1. The average molecular weight is 566 g/mol. The number of rotatable bonds is 6. The molecule has 1 aromatic heterocycles. The molecule has 1 fully saturated rings. The van der Waals surface area contributed by atoms with E-state index >= 15 is 0 Å². The fourth-order valence-corrected chi connectivity index (χ4v) is 4.17. The zero-order valence-electron chi connectivity index (χ0n) is 20.9. The Morgan fingerprint density at radius 3 is 2.30 bits per heavy atom. The van der Waals surface area contributed by atoms with Crippen LogP contribution in [0.25, 0.3) is 33.5 Å². The van der Waals surface area contributed by atoms with E-state index in [1.54, 1.807) is 0 Å². The molecule has 12 heteroatoms.